The molecule has 3 aromatic heterocycles. The van der Waals surface area contributed by atoms with Gasteiger partial charge in [0.2, 0.25) is 5.91 Å². The van der Waals surface area contributed by atoms with Crippen LogP contribution in [0.3, 0.4) is 0 Å². The van der Waals surface area contributed by atoms with E-state index in [0.29, 0.717) is 10.6 Å². The van der Waals surface area contributed by atoms with Crippen molar-refractivity contribution >= 4 is 33.3 Å². The predicted octanol–water partition coefficient (Wildman–Crippen LogP) is 3.09. The largest absolute Gasteiger partial charge is 0.432 e. The highest BCUT2D eigenvalue weighted by Crippen LogP contribution is 2.45. The number of thiophene rings is 1. The third kappa shape index (κ3) is 3.09. The van der Waals surface area contributed by atoms with E-state index in [1.807, 2.05) is 13.8 Å². The molecule has 1 N–H and O–H groups in total. The van der Waals surface area contributed by atoms with Crippen LogP contribution in [0.2, 0.25) is 0 Å². The minimum absolute atomic E-state index is 0.107. The van der Waals surface area contributed by atoms with Crippen molar-refractivity contribution in [2.75, 3.05) is 5.32 Å². The summed E-state index contributed by atoms with van der Waals surface area (Å²) in [6.07, 6.45) is 5.18. The number of hydrogen-bond donors (Lipinski definition) is 1. The van der Waals surface area contributed by atoms with Gasteiger partial charge in [0.05, 0.1) is 11.9 Å². The van der Waals surface area contributed by atoms with Gasteiger partial charge >= 0.3 is 6.01 Å². The van der Waals surface area contributed by atoms with E-state index in [1.54, 1.807) is 0 Å². The highest BCUT2D eigenvalue weighted by molar-refractivity contribution is 7.19. The van der Waals surface area contributed by atoms with E-state index < -0.39 is 5.91 Å². The number of nitrogens with zero attached hydrogens (tertiary/aromatic N) is 3. The maximum Gasteiger partial charge on any atom is 0.301 e. The molecule has 1 aliphatic rings. The first-order chi connectivity index (χ1) is 12.0. The molecule has 0 radical (unpaired) electrons. The van der Waals surface area contributed by atoms with Crippen LogP contribution in [0.1, 0.15) is 49.1 Å². The van der Waals surface area contributed by atoms with Crippen molar-refractivity contribution in [1.82, 2.24) is 14.8 Å². The molecule has 1 aliphatic carbocycles. The average Bonchev–Trinajstić information content (AvgIpc) is 3.11. The van der Waals surface area contributed by atoms with Gasteiger partial charge in [-0.3, -0.25) is 14.9 Å². The summed E-state index contributed by atoms with van der Waals surface area (Å²) >= 11 is 1.54. The Kier molecular flexibility index (Phi) is 3.91. The van der Waals surface area contributed by atoms with Gasteiger partial charge in [-0.15, -0.1) is 11.3 Å². The Morgan fingerprint density at radius 3 is 2.92 bits per heavy atom. The van der Waals surface area contributed by atoms with E-state index in [4.69, 9.17) is 4.42 Å². The number of aromatic nitrogens is 3. The lowest BCUT2D eigenvalue weighted by molar-refractivity contribution is -0.117. The van der Waals surface area contributed by atoms with E-state index in [9.17, 15) is 9.59 Å². The van der Waals surface area contributed by atoms with Gasteiger partial charge in [-0.1, -0.05) is 13.8 Å². The van der Waals surface area contributed by atoms with Crippen molar-refractivity contribution in [2.24, 2.45) is 0 Å². The fraction of sp³-hybridized carbons (Fsp3) is 0.412. The van der Waals surface area contributed by atoms with Crippen LogP contribution < -0.4 is 10.9 Å². The standard InChI is InChI=1S/C17H18N4O3S/c1-9(2)14-11-7-12(10-3-4-10)25-15(11)16(23)21(20-14)8-13(22)19-17-18-5-6-24-17/h5-7,9-10H,3-4,8H2,1-2H3,(H,18,19,22). The fourth-order valence-electron chi connectivity index (χ4n) is 2.79. The molecule has 130 valence electrons. The Labute approximate surface area is 147 Å². The lowest BCUT2D eigenvalue weighted by atomic mass is 10.1. The topological polar surface area (TPSA) is 90.0 Å². The maximum atomic E-state index is 12.8. The predicted molar refractivity (Wildman–Crippen MR) is 95.1 cm³/mol. The zero-order valence-corrected chi connectivity index (χ0v) is 14.8. The van der Waals surface area contributed by atoms with Gasteiger partial charge in [0, 0.05) is 10.3 Å². The van der Waals surface area contributed by atoms with E-state index >= 15 is 0 Å². The summed E-state index contributed by atoms with van der Waals surface area (Å²) in [6.45, 7) is 3.91. The second kappa shape index (κ2) is 6.11. The molecule has 1 saturated carbocycles. The van der Waals surface area contributed by atoms with Crippen LogP contribution in [0, 0.1) is 0 Å². The van der Waals surface area contributed by atoms with E-state index in [0.717, 1.165) is 11.1 Å². The molecule has 25 heavy (non-hydrogen) atoms. The normalized spacial score (nSPS) is 14.4. The number of amides is 1. The lowest BCUT2D eigenvalue weighted by Gasteiger charge is -2.10. The average molecular weight is 358 g/mol. The van der Waals surface area contributed by atoms with Gasteiger partial charge in [0.15, 0.2) is 0 Å². The summed E-state index contributed by atoms with van der Waals surface area (Å²) in [7, 11) is 0. The number of fused-ring (bicyclic) bond motifs is 1. The molecule has 0 unspecified atom stereocenters. The molecule has 8 heteroatoms. The number of nitrogens with one attached hydrogen (secondary N) is 1. The quantitative estimate of drug-likeness (QED) is 0.757. The van der Waals surface area contributed by atoms with Crippen molar-refractivity contribution in [2.45, 2.75) is 45.1 Å². The highest BCUT2D eigenvalue weighted by atomic mass is 32.1. The molecular weight excluding hydrogens is 340 g/mol. The molecule has 0 bridgehead atoms. The van der Waals surface area contributed by atoms with Crippen molar-refractivity contribution in [3.05, 3.63) is 39.5 Å². The molecule has 0 aliphatic heterocycles. The van der Waals surface area contributed by atoms with Crippen LogP contribution in [0.5, 0.6) is 0 Å². The number of oxazole rings is 1. The smallest absolute Gasteiger partial charge is 0.301 e. The molecule has 0 saturated heterocycles. The first-order valence-electron chi connectivity index (χ1n) is 8.26. The monoisotopic (exact) mass is 358 g/mol. The number of anilines is 1. The van der Waals surface area contributed by atoms with Crippen LogP contribution in [0.25, 0.3) is 10.1 Å². The molecule has 1 fully saturated rings. The van der Waals surface area contributed by atoms with Gasteiger partial charge in [-0.2, -0.15) is 5.10 Å². The van der Waals surface area contributed by atoms with E-state index in [-0.39, 0.29) is 24.0 Å². The van der Waals surface area contributed by atoms with Gasteiger partial charge < -0.3 is 4.42 Å². The van der Waals surface area contributed by atoms with Gasteiger partial charge in [-0.25, -0.2) is 9.67 Å². The highest BCUT2D eigenvalue weighted by Gasteiger charge is 2.27. The minimum atomic E-state index is -0.398. The first-order valence-corrected chi connectivity index (χ1v) is 9.08. The van der Waals surface area contributed by atoms with Crippen LogP contribution >= 0.6 is 11.3 Å². The number of hydrogen-bond acceptors (Lipinski definition) is 6. The van der Waals surface area contributed by atoms with Crippen LogP contribution in [-0.4, -0.2) is 20.7 Å². The molecule has 3 heterocycles. The molecule has 0 spiro atoms. The molecule has 4 rings (SSSR count). The summed E-state index contributed by atoms with van der Waals surface area (Å²) in [6, 6.07) is 2.22. The van der Waals surface area contributed by atoms with Crippen molar-refractivity contribution in [3.8, 4) is 0 Å². The Balaban J connectivity index is 1.71. The van der Waals surface area contributed by atoms with E-state index in [1.165, 1.54) is 46.2 Å². The van der Waals surface area contributed by atoms with Gasteiger partial charge in [0.1, 0.15) is 17.5 Å². The summed E-state index contributed by atoms with van der Waals surface area (Å²) in [5.41, 5.74) is 0.625. The third-order valence-electron chi connectivity index (χ3n) is 4.18. The maximum absolute atomic E-state index is 12.8. The zero-order valence-electron chi connectivity index (χ0n) is 14.0. The third-order valence-corrected chi connectivity index (χ3v) is 5.47. The summed E-state index contributed by atoms with van der Waals surface area (Å²) < 4.78 is 6.92. The zero-order chi connectivity index (χ0) is 17.6. The van der Waals surface area contributed by atoms with Crippen molar-refractivity contribution < 1.29 is 9.21 Å². The van der Waals surface area contributed by atoms with E-state index in [2.05, 4.69) is 21.5 Å². The Morgan fingerprint density at radius 2 is 2.28 bits per heavy atom. The summed E-state index contributed by atoms with van der Waals surface area (Å²) in [4.78, 5) is 30.0. The second-order valence-corrected chi connectivity index (χ2v) is 7.64. The Morgan fingerprint density at radius 1 is 1.48 bits per heavy atom. The van der Waals surface area contributed by atoms with Crippen LogP contribution in [0.4, 0.5) is 6.01 Å². The first kappa shape index (κ1) is 16.0. The van der Waals surface area contributed by atoms with Crippen LogP contribution in [0.15, 0.2) is 27.7 Å². The molecule has 3 aromatic rings. The molecular formula is C17H18N4O3S. The second-order valence-electron chi connectivity index (χ2n) is 6.55. The number of carbonyl (C=O) groups excluding carboxylic acids is 1. The van der Waals surface area contributed by atoms with Crippen molar-refractivity contribution in [3.63, 3.8) is 0 Å². The Hall–Kier alpha value is -2.48. The number of rotatable bonds is 5. The number of carbonyl (C=O) groups is 1. The van der Waals surface area contributed by atoms with Gasteiger partial charge in [0.25, 0.3) is 5.56 Å². The fourth-order valence-corrected chi connectivity index (χ4v) is 4.07. The minimum Gasteiger partial charge on any atom is -0.432 e. The lowest BCUT2D eigenvalue weighted by Crippen LogP contribution is -2.30. The summed E-state index contributed by atoms with van der Waals surface area (Å²) in [5, 5.41) is 7.90. The van der Waals surface area contributed by atoms with Crippen LogP contribution in [-0.2, 0) is 11.3 Å². The molecule has 7 nitrogen and oxygen atoms in total. The Bertz CT molecular complexity index is 983. The van der Waals surface area contributed by atoms with Gasteiger partial charge in [-0.05, 0) is 30.7 Å². The SMILES string of the molecule is CC(C)c1nn(CC(=O)Nc2ncco2)c(=O)c2sc(C3CC3)cc12. The van der Waals surface area contributed by atoms with Crippen molar-refractivity contribution in [1.29, 1.82) is 0 Å². The molecule has 1 amide bonds. The molecule has 0 atom stereocenters. The molecule has 0 aromatic carbocycles. The summed E-state index contributed by atoms with van der Waals surface area (Å²) in [5.74, 6) is 0.342.